The first-order valence-corrected chi connectivity index (χ1v) is 9.46. The van der Waals surface area contributed by atoms with Crippen LogP contribution in [0.3, 0.4) is 0 Å². The topological polar surface area (TPSA) is 38.8 Å². The molecule has 1 unspecified atom stereocenters. The SMILES string of the molecule is CCCCCCOC1c2ccccc2C(=O)N1OCCCCCC. The van der Waals surface area contributed by atoms with Crippen LogP contribution < -0.4 is 0 Å². The molecule has 1 aromatic carbocycles. The van der Waals surface area contributed by atoms with Crippen LogP contribution in [0.5, 0.6) is 0 Å². The highest BCUT2D eigenvalue weighted by molar-refractivity contribution is 5.98. The van der Waals surface area contributed by atoms with Crippen LogP contribution in [0.2, 0.25) is 0 Å². The second kappa shape index (κ2) is 10.5. The summed E-state index contributed by atoms with van der Waals surface area (Å²) >= 11 is 0. The van der Waals surface area contributed by atoms with Gasteiger partial charge in [0.05, 0.1) is 6.61 Å². The Bertz CT molecular complexity index is 503. The quantitative estimate of drug-likeness (QED) is 0.490. The molecule has 0 fully saturated rings. The van der Waals surface area contributed by atoms with E-state index in [2.05, 4.69) is 13.8 Å². The number of carbonyl (C=O) groups is 1. The van der Waals surface area contributed by atoms with Gasteiger partial charge in [0.2, 0.25) is 0 Å². The summed E-state index contributed by atoms with van der Waals surface area (Å²) in [5, 5.41) is 1.44. The van der Waals surface area contributed by atoms with E-state index >= 15 is 0 Å². The summed E-state index contributed by atoms with van der Waals surface area (Å²) in [5.41, 5.74) is 1.62. The summed E-state index contributed by atoms with van der Waals surface area (Å²) in [6.07, 6.45) is 8.71. The van der Waals surface area contributed by atoms with Gasteiger partial charge in [-0.15, -0.1) is 0 Å². The van der Waals surface area contributed by atoms with Gasteiger partial charge >= 0.3 is 0 Å². The van der Waals surface area contributed by atoms with Gasteiger partial charge in [-0.2, -0.15) is 5.06 Å². The minimum absolute atomic E-state index is 0.0837. The van der Waals surface area contributed by atoms with Crippen LogP contribution in [0, 0.1) is 0 Å². The summed E-state index contributed by atoms with van der Waals surface area (Å²) in [4.78, 5) is 18.4. The smallest absolute Gasteiger partial charge is 0.280 e. The molecular formula is C20H31NO3. The lowest BCUT2D eigenvalue weighted by Crippen LogP contribution is -2.30. The Hall–Kier alpha value is -1.39. The van der Waals surface area contributed by atoms with Gasteiger partial charge in [-0.1, -0.05) is 70.6 Å². The largest absolute Gasteiger partial charge is 0.352 e. The number of ether oxygens (including phenoxy) is 1. The van der Waals surface area contributed by atoms with E-state index in [0.717, 1.165) is 31.2 Å². The Balaban J connectivity index is 1.92. The molecule has 1 heterocycles. The molecule has 1 aromatic rings. The van der Waals surface area contributed by atoms with Crippen LogP contribution in [0.1, 0.15) is 87.4 Å². The third kappa shape index (κ3) is 5.05. The Labute approximate surface area is 146 Å². The minimum Gasteiger partial charge on any atom is -0.352 e. The lowest BCUT2D eigenvalue weighted by molar-refractivity contribution is -0.216. The zero-order valence-corrected chi connectivity index (χ0v) is 15.1. The lowest BCUT2D eigenvalue weighted by atomic mass is 10.1. The highest BCUT2D eigenvalue weighted by Gasteiger charge is 2.38. The zero-order valence-electron chi connectivity index (χ0n) is 15.1. The first-order valence-electron chi connectivity index (χ1n) is 9.46. The lowest BCUT2D eigenvalue weighted by Gasteiger charge is -2.24. The first-order chi connectivity index (χ1) is 11.8. The summed E-state index contributed by atoms with van der Waals surface area (Å²) in [6, 6.07) is 7.65. The number of rotatable bonds is 12. The van der Waals surface area contributed by atoms with E-state index in [1.54, 1.807) is 0 Å². The maximum absolute atomic E-state index is 12.6. The van der Waals surface area contributed by atoms with Crippen LogP contribution in [0.15, 0.2) is 24.3 Å². The average Bonchev–Trinajstić information content (AvgIpc) is 2.87. The summed E-state index contributed by atoms with van der Waals surface area (Å²) in [6.45, 7) is 5.60. The van der Waals surface area contributed by atoms with Crippen molar-refractivity contribution in [3.63, 3.8) is 0 Å². The molecule has 1 aliphatic rings. The standard InChI is InChI=1S/C20H31NO3/c1-3-5-7-11-15-23-20-18-14-10-9-13-17(18)19(22)21(20)24-16-12-8-6-4-2/h9-10,13-14,20H,3-8,11-12,15-16H2,1-2H3. The number of hydroxylamine groups is 2. The van der Waals surface area contributed by atoms with E-state index in [1.165, 1.54) is 30.7 Å². The van der Waals surface area contributed by atoms with Gasteiger partial charge in [0, 0.05) is 17.7 Å². The normalized spacial score (nSPS) is 16.7. The highest BCUT2D eigenvalue weighted by atomic mass is 16.7. The molecule has 4 nitrogen and oxygen atoms in total. The number of hydrogen-bond donors (Lipinski definition) is 0. The van der Waals surface area contributed by atoms with E-state index < -0.39 is 6.23 Å². The van der Waals surface area contributed by atoms with Crippen molar-refractivity contribution in [2.75, 3.05) is 13.2 Å². The van der Waals surface area contributed by atoms with Gasteiger partial charge < -0.3 is 4.74 Å². The van der Waals surface area contributed by atoms with E-state index in [-0.39, 0.29) is 5.91 Å². The van der Waals surface area contributed by atoms with Crippen molar-refractivity contribution in [3.05, 3.63) is 35.4 Å². The fourth-order valence-electron chi connectivity index (χ4n) is 2.96. The number of benzene rings is 1. The Morgan fingerprint density at radius 3 is 2.29 bits per heavy atom. The van der Waals surface area contributed by atoms with Crippen LogP contribution in [0.4, 0.5) is 0 Å². The van der Waals surface area contributed by atoms with Gasteiger partial charge in [-0.25, -0.2) is 0 Å². The number of nitrogens with zero attached hydrogens (tertiary/aromatic N) is 1. The molecule has 2 rings (SSSR count). The second-order valence-corrected chi connectivity index (χ2v) is 6.40. The van der Waals surface area contributed by atoms with Crippen LogP contribution >= 0.6 is 0 Å². The number of fused-ring (bicyclic) bond motifs is 1. The number of amides is 1. The van der Waals surface area contributed by atoms with Crippen molar-refractivity contribution >= 4 is 5.91 Å². The van der Waals surface area contributed by atoms with Gasteiger partial charge in [-0.3, -0.25) is 9.63 Å². The monoisotopic (exact) mass is 333 g/mol. The molecule has 0 saturated heterocycles. The fraction of sp³-hybridized carbons (Fsp3) is 0.650. The Morgan fingerprint density at radius 1 is 0.917 bits per heavy atom. The molecule has 0 radical (unpaired) electrons. The van der Waals surface area contributed by atoms with Crippen molar-refractivity contribution in [3.8, 4) is 0 Å². The summed E-state index contributed by atoms with van der Waals surface area (Å²) in [7, 11) is 0. The molecule has 4 heteroatoms. The molecular weight excluding hydrogens is 302 g/mol. The van der Waals surface area contributed by atoms with E-state index in [4.69, 9.17) is 9.57 Å². The average molecular weight is 333 g/mol. The van der Waals surface area contributed by atoms with Crippen molar-refractivity contribution in [1.82, 2.24) is 5.06 Å². The summed E-state index contributed by atoms with van der Waals surface area (Å²) < 4.78 is 6.02. The van der Waals surface area contributed by atoms with E-state index in [1.807, 2.05) is 24.3 Å². The van der Waals surface area contributed by atoms with Crippen LogP contribution in [-0.4, -0.2) is 24.2 Å². The molecule has 0 aliphatic carbocycles. The second-order valence-electron chi connectivity index (χ2n) is 6.40. The molecule has 1 amide bonds. The fourth-order valence-corrected chi connectivity index (χ4v) is 2.96. The molecule has 1 atom stereocenters. The predicted molar refractivity (Wildman–Crippen MR) is 95.5 cm³/mol. The molecule has 0 saturated carbocycles. The molecule has 0 spiro atoms. The highest BCUT2D eigenvalue weighted by Crippen LogP contribution is 2.34. The third-order valence-electron chi connectivity index (χ3n) is 4.37. The van der Waals surface area contributed by atoms with Gasteiger partial charge in [0.1, 0.15) is 0 Å². The van der Waals surface area contributed by atoms with E-state index in [9.17, 15) is 4.79 Å². The number of hydrogen-bond acceptors (Lipinski definition) is 3. The summed E-state index contributed by atoms with van der Waals surface area (Å²) in [5.74, 6) is -0.0837. The number of carbonyl (C=O) groups excluding carboxylic acids is 1. The van der Waals surface area contributed by atoms with Gasteiger partial charge in [0.25, 0.3) is 5.91 Å². The molecule has 134 valence electrons. The molecule has 24 heavy (non-hydrogen) atoms. The van der Waals surface area contributed by atoms with Gasteiger partial charge in [0.15, 0.2) is 6.23 Å². The van der Waals surface area contributed by atoms with Crippen molar-refractivity contribution < 1.29 is 14.4 Å². The van der Waals surface area contributed by atoms with Crippen molar-refractivity contribution in [1.29, 1.82) is 0 Å². The van der Waals surface area contributed by atoms with Gasteiger partial charge in [-0.05, 0) is 18.9 Å². The maximum atomic E-state index is 12.6. The molecule has 1 aliphatic heterocycles. The predicted octanol–water partition coefficient (Wildman–Crippen LogP) is 5.25. The third-order valence-corrected chi connectivity index (χ3v) is 4.37. The first kappa shape index (κ1) is 18.9. The Kier molecular flexibility index (Phi) is 8.26. The Morgan fingerprint density at radius 2 is 1.58 bits per heavy atom. The maximum Gasteiger partial charge on any atom is 0.280 e. The van der Waals surface area contributed by atoms with Crippen LogP contribution in [-0.2, 0) is 9.57 Å². The minimum atomic E-state index is -0.401. The molecule has 0 aromatic heterocycles. The van der Waals surface area contributed by atoms with Crippen molar-refractivity contribution in [2.45, 2.75) is 71.4 Å². The van der Waals surface area contributed by atoms with Crippen LogP contribution in [0.25, 0.3) is 0 Å². The zero-order chi connectivity index (χ0) is 17.2. The molecule has 0 bridgehead atoms. The number of unbranched alkanes of at least 4 members (excludes halogenated alkanes) is 6. The van der Waals surface area contributed by atoms with E-state index in [0.29, 0.717) is 18.8 Å². The molecule has 0 N–H and O–H groups in total. The van der Waals surface area contributed by atoms with Crippen molar-refractivity contribution in [2.24, 2.45) is 0 Å².